The van der Waals surface area contributed by atoms with Crippen LogP contribution in [0.15, 0.2) is 35.6 Å². The Hall–Kier alpha value is -2.26. The SMILES string of the molecule is CNc1cc(N2CCCC2CNS(=O)(=O)c2ccc(C)nc2)ncn1. The van der Waals surface area contributed by atoms with Gasteiger partial charge in [-0.15, -0.1) is 0 Å². The Morgan fingerprint density at radius 3 is 2.84 bits per heavy atom. The van der Waals surface area contributed by atoms with Crippen LogP contribution in [-0.2, 0) is 10.0 Å². The number of aromatic nitrogens is 3. The van der Waals surface area contributed by atoms with E-state index in [1.54, 1.807) is 19.2 Å². The normalized spacial score (nSPS) is 17.7. The van der Waals surface area contributed by atoms with Crippen LogP contribution in [-0.4, -0.2) is 49.5 Å². The molecule has 1 aliphatic heterocycles. The van der Waals surface area contributed by atoms with Crippen LogP contribution in [0.4, 0.5) is 11.6 Å². The molecular weight excluding hydrogens is 340 g/mol. The number of hydrogen-bond acceptors (Lipinski definition) is 7. The van der Waals surface area contributed by atoms with E-state index < -0.39 is 10.0 Å². The lowest BCUT2D eigenvalue weighted by Gasteiger charge is -2.26. The summed E-state index contributed by atoms with van der Waals surface area (Å²) in [5, 5.41) is 2.99. The van der Waals surface area contributed by atoms with E-state index in [0.29, 0.717) is 6.54 Å². The maximum atomic E-state index is 12.4. The van der Waals surface area contributed by atoms with Crippen LogP contribution in [0.5, 0.6) is 0 Å². The first-order valence-electron chi connectivity index (χ1n) is 8.18. The molecule has 25 heavy (non-hydrogen) atoms. The Kier molecular flexibility index (Phi) is 5.14. The highest BCUT2D eigenvalue weighted by molar-refractivity contribution is 7.89. The van der Waals surface area contributed by atoms with Gasteiger partial charge in [0, 0.05) is 44.1 Å². The van der Waals surface area contributed by atoms with Crippen LogP contribution in [0.1, 0.15) is 18.5 Å². The minimum Gasteiger partial charge on any atom is -0.373 e. The number of sulfonamides is 1. The van der Waals surface area contributed by atoms with Gasteiger partial charge in [0.25, 0.3) is 0 Å². The molecule has 1 unspecified atom stereocenters. The first-order valence-corrected chi connectivity index (χ1v) is 9.66. The largest absolute Gasteiger partial charge is 0.373 e. The van der Waals surface area contributed by atoms with Gasteiger partial charge in [-0.25, -0.2) is 23.1 Å². The summed E-state index contributed by atoms with van der Waals surface area (Å²) < 4.78 is 27.6. The van der Waals surface area contributed by atoms with E-state index in [2.05, 4.69) is 29.9 Å². The summed E-state index contributed by atoms with van der Waals surface area (Å²) in [6.45, 7) is 3.00. The molecule has 0 amide bonds. The van der Waals surface area contributed by atoms with Crippen LogP contribution in [0.3, 0.4) is 0 Å². The predicted molar refractivity (Wildman–Crippen MR) is 96.1 cm³/mol. The minimum atomic E-state index is -3.57. The molecule has 1 atom stereocenters. The van der Waals surface area contributed by atoms with Crippen molar-refractivity contribution in [2.75, 3.05) is 30.4 Å². The van der Waals surface area contributed by atoms with E-state index in [9.17, 15) is 8.42 Å². The number of anilines is 2. The van der Waals surface area contributed by atoms with Crippen molar-refractivity contribution < 1.29 is 8.42 Å². The van der Waals surface area contributed by atoms with E-state index in [4.69, 9.17) is 0 Å². The summed E-state index contributed by atoms with van der Waals surface area (Å²) in [7, 11) is -1.76. The number of pyridine rings is 1. The van der Waals surface area contributed by atoms with Gasteiger partial charge in [-0.1, -0.05) is 0 Å². The fourth-order valence-corrected chi connectivity index (χ4v) is 3.91. The van der Waals surface area contributed by atoms with Crippen LogP contribution in [0.25, 0.3) is 0 Å². The van der Waals surface area contributed by atoms with Crippen LogP contribution in [0.2, 0.25) is 0 Å². The van der Waals surface area contributed by atoms with Crippen molar-refractivity contribution >= 4 is 21.7 Å². The Labute approximate surface area is 147 Å². The van der Waals surface area contributed by atoms with E-state index in [1.807, 2.05) is 13.0 Å². The number of nitrogens with one attached hydrogen (secondary N) is 2. The molecule has 0 radical (unpaired) electrons. The van der Waals surface area contributed by atoms with Crippen LogP contribution >= 0.6 is 0 Å². The molecule has 8 nitrogen and oxygen atoms in total. The van der Waals surface area contributed by atoms with Gasteiger partial charge in [0.1, 0.15) is 22.9 Å². The molecule has 0 bridgehead atoms. The van der Waals surface area contributed by atoms with Gasteiger partial charge < -0.3 is 10.2 Å². The topological polar surface area (TPSA) is 100 Å². The zero-order valence-electron chi connectivity index (χ0n) is 14.3. The minimum absolute atomic E-state index is 0.0628. The molecule has 9 heteroatoms. The van der Waals surface area contributed by atoms with Crippen molar-refractivity contribution in [1.82, 2.24) is 19.7 Å². The number of rotatable bonds is 6. The van der Waals surface area contributed by atoms with Crippen molar-refractivity contribution in [2.45, 2.75) is 30.7 Å². The predicted octanol–water partition coefficient (Wildman–Crippen LogP) is 1.17. The maximum absolute atomic E-state index is 12.4. The van der Waals surface area contributed by atoms with Crippen molar-refractivity contribution in [3.63, 3.8) is 0 Å². The molecule has 0 aliphatic carbocycles. The molecule has 0 spiro atoms. The van der Waals surface area contributed by atoms with Crippen LogP contribution in [0, 0.1) is 6.92 Å². The molecule has 134 valence electrons. The lowest BCUT2D eigenvalue weighted by Crippen LogP contribution is -2.40. The zero-order chi connectivity index (χ0) is 17.9. The molecule has 2 N–H and O–H groups in total. The molecule has 1 saturated heterocycles. The first-order chi connectivity index (χ1) is 12.0. The highest BCUT2D eigenvalue weighted by Gasteiger charge is 2.27. The smallest absolute Gasteiger partial charge is 0.242 e. The van der Waals surface area contributed by atoms with E-state index in [-0.39, 0.29) is 10.9 Å². The van der Waals surface area contributed by atoms with Gasteiger partial charge in [-0.3, -0.25) is 4.98 Å². The summed E-state index contributed by atoms with van der Waals surface area (Å²) in [6.07, 6.45) is 4.80. The third kappa shape index (κ3) is 4.05. The van der Waals surface area contributed by atoms with Crippen molar-refractivity contribution in [3.8, 4) is 0 Å². The molecule has 2 aromatic heterocycles. The number of hydrogen-bond donors (Lipinski definition) is 2. The first kappa shape index (κ1) is 17.6. The summed E-state index contributed by atoms with van der Waals surface area (Å²) in [5.41, 5.74) is 0.782. The quantitative estimate of drug-likeness (QED) is 0.795. The average molecular weight is 362 g/mol. The van der Waals surface area contributed by atoms with Gasteiger partial charge in [-0.2, -0.15) is 0 Å². The number of nitrogens with zero attached hydrogens (tertiary/aromatic N) is 4. The molecule has 2 aromatic rings. The van der Waals surface area contributed by atoms with Gasteiger partial charge >= 0.3 is 0 Å². The fourth-order valence-electron chi connectivity index (χ4n) is 2.89. The highest BCUT2D eigenvalue weighted by Crippen LogP contribution is 2.24. The Bertz CT molecular complexity index is 825. The number of aryl methyl sites for hydroxylation is 1. The summed E-state index contributed by atoms with van der Waals surface area (Å²) in [4.78, 5) is 14.8. The summed E-state index contributed by atoms with van der Waals surface area (Å²) >= 11 is 0. The van der Waals surface area contributed by atoms with Crippen molar-refractivity contribution in [2.24, 2.45) is 0 Å². The van der Waals surface area contributed by atoms with E-state index in [0.717, 1.165) is 36.7 Å². The third-order valence-corrected chi connectivity index (χ3v) is 5.69. The molecule has 0 aromatic carbocycles. The molecule has 1 fully saturated rings. The maximum Gasteiger partial charge on any atom is 0.242 e. The molecule has 3 heterocycles. The Morgan fingerprint density at radius 1 is 1.28 bits per heavy atom. The zero-order valence-corrected chi connectivity index (χ0v) is 15.1. The van der Waals surface area contributed by atoms with Crippen LogP contribution < -0.4 is 14.9 Å². The summed E-state index contributed by atoms with van der Waals surface area (Å²) in [5.74, 6) is 1.54. The van der Waals surface area contributed by atoms with Gasteiger partial charge in [-0.05, 0) is 31.9 Å². The second-order valence-corrected chi connectivity index (χ2v) is 7.76. The van der Waals surface area contributed by atoms with Gasteiger partial charge in [0.05, 0.1) is 0 Å². The van der Waals surface area contributed by atoms with Crippen molar-refractivity contribution in [3.05, 3.63) is 36.4 Å². The third-order valence-electron chi connectivity index (χ3n) is 4.28. The second-order valence-electron chi connectivity index (χ2n) is 5.99. The average Bonchev–Trinajstić information content (AvgIpc) is 3.09. The molecular formula is C16H22N6O2S. The lowest BCUT2D eigenvalue weighted by atomic mass is 10.2. The fraction of sp³-hybridized carbons (Fsp3) is 0.438. The second kappa shape index (κ2) is 7.32. The van der Waals surface area contributed by atoms with Gasteiger partial charge in [0.15, 0.2) is 0 Å². The van der Waals surface area contributed by atoms with E-state index >= 15 is 0 Å². The molecule has 3 rings (SSSR count). The standard InChI is InChI=1S/C16H22N6O2S/c1-12-5-6-14(10-18-12)25(23,24)21-9-13-4-3-7-22(13)16-8-15(17-2)19-11-20-16/h5-6,8,10-11,13,21H,3-4,7,9H2,1-2H3,(H,17,19,20). The molecule has 0 saturated carbocycles. The Balaban J connectivity index is 1.70. The van der Waals surface area contributed by atoms with E-state index in [1.165, 1.54) is 12.5 Å². The molecule has 1 aliphatic rings. The Morgan fingerprint density at radius 2 is 2.12 bits per heavy atom. The summed E-state index contributed by atoms with van der Waals surface area (Å²) in [6, 6.07) is 5.20. The van der Waals surface area contributed by atoms with Gasteiger partial charge in [0.2, 0.25) is 10.0 Å². The lowest BCUT2D eigenvalue weighted by molar-refractivity contribution is 0.566. The highest BCUT2D eigenvalue weighted by atomic mass is 32.2. The van der Waals surface area contributed by atoms with Crippen molar-refractivity contribution in [1.29, 1.82) is 0 Å². The monoisotopic (exact) mass is 362 g/mol.